The molecular weight excluding hydrogens is 286 g/mol. The second kappa shape index (κ2) is 5.75. The number of nitrogens with two attached hydrogens (primary N) is 4. The molecule has 110 valence electrons. The zero-order valence-electron chi connectivity index (χ0n) is 10.4. The van der Waals surface area contributed by atoms with Crippen molar-refractivity contribution in [3.8, 4) is 0 Å². The summed E-state index contributed by atoms with van der Waals surface area (Å²) in [5, 5.41) is 5.01. The number of primary amides is 2. The Morgan fingerprint density at radius 1 is 1.05 bits per heavy atom. The first-order chi connectivity index (χ1) is 9.09. The Morgan fingerprint density at radius 2 is 1.55 bits per heavy atom. The van der Waals surface area contributed by atoms with E-state index in [9.17, 15) is 18.0 Å². The highest BCUT2D eigenvalue weighted by molar-refractivity contribution is 7.89. The Bertz CT molecular complexity index is 627. The first-order valence-electron chi connectivity index (χ1n) is 5.34. The molecule has 0 aliphatic heterocycles. The van der Waals surface area contributed by atoms with Crippen LogP contribution in [0.15, 0.2) is 23.1 Å². The van der Waals surface area contributed by atoms with Crippen molar-refractivity contribution in [1.82, 2.24) is 0 Å². The molecule has 8 N–H and O–H groups in total. The smallest absolute Gasteiger partial charge is 0.238 e. The Labute approximate surface area is 115 Å². The van der Waals surface area contributed by atoms with E-state index in [2.05, 4.69) is 0 Å². The summed E-state index contributed by atoms with van der Waals surface area (Å²) in [4.78, 5) is 22.9. The van der Waals surface area contributed by atoms with E-state index < -0.39 is 21.8 Å². The second-order valence-electron chi connectivity index (χ2n) is 4.09. The summed E-state index contributed by atoms with van der Waals surface area (Å²) in [7, 11) is -3.98. The normalized spacial score (nSPS) is 11.1. The van der Waals surface area contributed by atoms with Gasteiger partial charge in [-0.2, -0.15) is 0 Å². The summed E-state index contributed by atoms with van der Waals surface area (Å²) < 4.78 is 22.6. The van der Waals surface area contributed by atoms with E-state index in [4.69, 9.17) is 22.3 Å². The molecule has 1 aromatic rings. The number of rotatable bonds is 6. The highest BCUT2D eigenvalue weighted by Crippen LogP contribution is 2.22. The van der Waals surface area contributed by atoms with Gasteiger partial charge < -0.3 is 22.1 Å². The van der Waals surface area contributed by atoms with Crippen LogP contribution in [0.1, 0.15) is 0 Å². The lowest BCUT2D eigenvalue weighted by Crippen LogP contribution is -2.39. The highest BCUT2D eigenvalue weighted by atomic mass is 32.2. The third-order valence-corrected chi connectivity index (χ3v) is 3.19. The van der Waals surface area contributed by atoms with Crippen molar-refractivity contribution in [2.45, 2.75) is 4.90 Å². The van der Waals surface area contributed by atoms with E-state index >= 15 is 0 Å². The molecule has 0 bridgehead atoms. The van der Waals surface area contributed by atoms with Crippen LogP contribution in [0.4, 0.5) is 11.4 Å². The summed E-state index contributed by atoms with van der Waals surface area (Å²) >= 11 is 0. The van der Waals surface area contributed by atoms with Crippen molar-refractivity contribution in [2.75, 3.05) is 23.7 Å². The number of nitrogens with zero attached hydrogens (tertiary/aromatic N) is 1. The zero-order valence-corrected chi connectivity index (χ0v) is 11.3. The topological polar surface area (TPSA) is 176 Å². The summed E-state index contributed by atoms with van der Waals surface area (Å²) in [6.45, 7) is -0.646. The Balaban J connectivity index is 3.29. The van der Waals surface area contributed by atoms with Crippen LogP contribution in [0.3, 0.4) is 0 Å². The van der Waals surface area contributed by atoms with Gasteiger partial charge in [-0.25, -0.2) is 13.6 Å². The minimum Gasteiger partial charge on any atom is -0.399 e. The van der Waals surface area contributed by atoms with Gasteiger partial charge in [0, 0.05) is 11.4 Å². The molecule has 0 radical (unpaired) electrons. The quantitative estimate of drug-likeness (QED) is 0.429. The highest BCUT2D eigenvalue weighted by Gasteiger charge is 2.16. The predicted octanol–water partition coefficient (Wildman–Crippen LogP) is -2.31. The molecule has 0 spiro atoms. The molecule has 0 unspecified atom stereocenters. The number of amides is 2. The van der Waals surface area contributed by atoms with Crippen LogP contribution in [-0.2, 0) is 19.6 Å². The molecule has 0 saturated heterocycles. The standard InChI is InChI=1S/C10H15N5O4S/c11-6-1-7(3-8(2-6)20(14,18)19)15(4-9(12)16)5-10(13)17/h1-3H,4-5,11H2,(H2,12,16)(H2,13,17)(H2,14,18,19). The van der Waals surface area contributed by atoms with Gasteiger partial charge in [0.2, 0.25) is 21.8 Å². The van der Waals surface area contributed by atoms with E-state index in [-0.39, 0.29) is 29.4 Å². The molecule has 0 aliphatic rings. The van der Waals surface area contributed by atoms with Gasteiger partial charge in [0.05, 0.1) is 18.0 Å². The summed E-state index contributed by atoms with van der Waals surface area (Å²) in [6.07, 6.45) is 0. The predicted molar refractivity (Wildman–Crippen MR) is 72.8 cm³/mol. The minimum atomic E-state index is -3.98. The molecule has 9 nitrogen and oxygen atoms in total. The van der Waals surface area contributed by atoms with Crippen molar-refractivity contribution in [3.05, 3.63) is 18.2 Å². The fourth-order valence-corrected chi connectivity index (χ4v) is 2.15. The molecule has 0 atom stereocenters. The molecule has 0 aromatic heterocycles. The van der Waals surface area contributed by atoms with Gasteiger partial charge in [0.1, 0.15) is 0 Å². The van der Waals surface area contributed by atoms with Crippen LogP contribution in [-0.4, -0.2) is 33.3 Å². The molecule has 0 saturated carbocycles. The molecule has 0 aliphatic carbocycles. The van der Waals surface area contributed by atoms with Gasteiger partial charge in [-0.15, -0.1) is 0 Å². The van der Waals surface area contributed by atoms with E-state index in [1.165, 1.54) is 17.0 Å². The average Bonchev–Trinajstić information content (AvgIpc) is 2.24. The summed E-state index contributed by atoms with van der Waals surface area (Å²) in [5.41, 5.74) is 16.0. The van der Waals surface area contributed by atoms with E-state index in [1.54, 1.807) is 0 Å². The zero-order chi connectivity index (χ0) is 15.5. The lowest BCUT2D eigenvalue weighted by Gasteiger charge is -2.22. The average molecular weight is 301 g/mol. The lowest BCUT2D eigenvalue weighted by molar-refractivity contribution is -0.117. The fourth-order valence-electron chi connectivity index (χ4n) is 1.57. The van der Waals surface area contributed by atoms with Gasteiger partial charge in [-0.3, -0.25) is 9.59 Å². The fraction of sp³-hybridized carbons (Fsp3) is 0.200. The number of primary sulfonamides is 1. The first-order valence-corrected chi connectivity index (χ1v) is 6.89. The number of hydrogen-bond donors (Lipinski definition) is 4. The monoisotopic (exact) mass is 301 g/mol. The number of carbonyl (C=O) groups excluding carboxylic acids is 2. The van der Waals surface area contributed by atoms with Crippen molar-refractivity contribution in [2.24, 2.45) is 16.6 Å². The van der Waals surface area contributed by atoms with Gasteiger partial charge in [0.25, 0.3) is 0 Å². The number of anilines is 2. The second-order valence-corrected chi connectivity index (χ2v) is 5.66. The maximum Gasteiger partial charge on any atom is 0.238 e. The Kier molecular flexibility index (Phi) is 4.53. The third-order valence-electron chi connectivity index (χ3n) is 2.30. The molecule has 10 heteroatoms. The first kappa shape index (κ1) is 15.7. The van der Waals surface area contributed by atoms with Crippen LogP contribution in [0.25, 0.3) is 0 Å². The number of nitrogen functional groups attached to an aromatic ring is 1. The Morgan fingerprint density at radius 3 is 1.95 bits per heavy atom. The molecule has 20 heavy (non-hydrogen) atoms. The SMILES string of the molecule is NC(=O)CN(CC(N)=O)c1cc(N)cc(S(N)(=O)=O)c1. The number of carbonyl (C=O) groups is 2. The maximum atomic E-state index is 11.3. The summed E-state index contributed by atoms with van der Waals surface area (Å²) in [6, 6.07) is 3.71. The maximum absolute atomic E-state index is 11.3. The molecule has 2 amide bonds. The molecule has 1 aromatic carbocycles. The van der Waals surface area contributed by atoms with E-state index in [0.29, 0.717) is 0 Å². The Hall–Kier alpha value is -2.33. The molecule has 0 heterocycles. The van der Waals surface area contributed by atoms with Crippen LogP contribution in [0, 0.1) is 0 Å². The van der Waals surface area contributed by atoms with Gasteiger partial charge >= 0.3 is 0 Å². The van der Waals surface area contributed by atoms with Crippen LogP contribution < -0.4 is 27.2 Å². The molecule has 0 fully saturated rings. The lowest BCUT2D eigenvalue weighted by atomic mass is 10.2. The van der Waals surface area contributed by atoms with Gasteiger partial charge in [0.15, 0.2) is 0 Å². The summed E-state index contributed by atoms with van der Waals surface area (Å²) in [5.74, 6) is -1.43. The molecular formula is C10H15N5O4S. The van der Waals surface area contributed by atoms with Crippen LogP contribution >= 0.6 is 0 Å². The largest absolute Gasteiger partial charge is 0.399 e. The van der Waals surface area contributed by atoms with Crippen molar-refractivity contribution < 1.29 is 18.0 Å². The minimum absolute atomic E-state index is 0.102. The number of hydrogen-bond acceptors (Lipinski definition) is 6. The van der Waals surface area contributed by atoms with Gasteiger partial charge in [-0.1, -0.05) is 0 Å². The number of benzene rings is 1. The van der Waals surface area contributed by atoms with Gasteiger partial charge in [-0.05, 0) is 18.2 Å². The third kappa shape index (κ3) is 4.40. The van der Waals surface area contributed by atoms with Crippen molar-refractivity contribution >= 4 is 33.2 Å². The van der Waals surface area contributed by atoms with Crippen LogP contribution in [0.2, 0.25) is 0 Å². The molecule has 1 rings (SSSR count). The van der Waals surface area contributed by atoms with Crippen LogP contribution in [0.5, 0.6) is 0 Å². The number of sulfonamides is 1. The van der Waals surface area contributed by atoms with Crippen molar-refractivity contribution in [1.29, 1.82) is 0 Å². The van der Waals surface area contributed by atoms with E-state index in [0.717, 1.165) is 6.07 Å². The van der Waals surface area contributed by atoms with Crippen molar-refractivity contribution in [3.63, 3.8) is 0 Å². The van der Waals surface area contributed by atoms with E-state index in [1.807, 2.05) is 0 Å².